The van der Waals surface area contributed by atoms with Gasteiger partial charge in [0.2, 0.25) is 0 Å². The van der Waals surface area contributed by atoms with E-state index in [4.69, 9.17) is 19.2 Å². The Kier molecular flexibility index (Phi) is 7.62. The number of rotatable bonds is 7. The van der Waals surface area contributed by atoms with Crippen LogP contribution in [-0.4, -0.2) is 37.8 Å². The first-order valence-corrected chi connectivity index (χ1v) is 12.6. The van der Waals surface area contributed by atoms with Gasteiger partial charge in [-0.15, -0.1) is 0 Å². The van der Waals surface area contributed by atoms with Crippen molar-refractivity contribution in [3.05, 3.63) is 70.4 Å². The summed E-state index contributed by atoms with van der Waals surface area (Å²) in [5.41, 5.74) is 5.13. The lowest BCUT2D eigenvalue weighted by atomic mass is 9.68. The van der Waals surface area contributed by atoms with E-state index in [1.807, 2.05) is 70.2 Å². The van der Waals surface area contributed by atoms with Crippen molar-refractivity contribution in [1.82, 2.24) is 0 Å². The van der Waals surface area contributed by atoms with E-state index >= 15 is 0 Å². The van der Waals surface area contributed by atoms with Crippen LogP contribution in [0, 0.1) is 12.8 Å². The summed E-state index contributed by atoms with van der Waals surface area (Å²) in [6.45, 7) is 7.77. The van der Waals surface area contributed by atoms with Crippen LogP contribution in [0.25, 0.3) is 0 Å². The highest BCUT2D eigenvalue weighted by Crippen LogP contribution is 2.48. The zero-order chi connectivity index (χ0) is 26.0. The van der Waals surface area contributed by atoms with Crippen molar-refractivity contribution in [2.45, 2.75) is 64.9 Å². The Morgan fingerprint density at radius 1 is 1.06 bits per heavy atom. The number of ketones is 1. The number of aliphatic imine (C=N–C) groups is 1. The Hall–Kier alpha value is -3.41. The summed E-state index contributed by atoms with van der Waals surface area (Å²) in [4.78, 5) is 32.1. The molecule has 0 radical (unpaired) electrons. The molecule has 1 aliphatic carbocycles. The van der Waals surface area contributed by atoms with Crippen LogP contribution < -0.4 is 9.47 Å². The minimum absolute atomic E-state index is 0.0295. The second-order valence-corrected chi connectivity index (χ2v) is 9.72. The van der Waals surface area contributed by atoms with E-state index in [9.17, 15) is 9.59 Å². The predicted octanol–water partition coefficient (Wildman–Crippen LogP) is 5.93. The fraction of sp³-hybridized carbons (Fsp3) is 0.433. The highest BCUT2D eigenvalue weighted by Gasteiger charge is 2.45. The van der Waals surface area contributed by atoms with Crippen LogP contribution in [0.4, 0.5) is 0 Å². The maximum absolute atomic E-state index is 13.8. The Morgan fingerprint density at radius 2 is 1.78 bits per heavy atom. The predicted molar refractivity (Wildman–Crippen MR) is 140 cm³/mol. The molecule has 6 heteroatoms. The summed E-state index contributed by atoms with van der Waals surface area (Å²) in [5, 5.41) is 0. The van der Waals surface area contributed by atoms with Gasteiger partial charge in [0.05, 0.1) is 20.3 Å². The zero-order valence-electron chi connectivity index (χ0n) is 22.0. The average molecular weight is 490 g/mol. The van der Waals surface area contributed by atoms with Gasteiger partial charge in [-0.2, -0.15) is 0 Å². The van der Waals surface area contributed by atoms with Gasteiger partial charge in [0, 0.05) is 29.3 Å². The third-order valence-corrected chi connectivity index (χ3v) is 7.44. The van der Waals surface area contributed by atoms with Crippen molar-refractivity contribution >= 4 is 17.5 Å². The highest BCUT2D eigenvalue weighted by molar-refractivity contribution is 6.09. The molecule has 0 saturated heterocycles. The van der Waals surface area contributed by atoms with Crippen LogP contribution in [0.3, 0.4) is 0 Å². The number of ether oxygens (including phenoxy) is 3. The van der Waals surface area contributed by atoms with E-state index in [0.717, 1.165) is 28.8 Å². The molecule has 0 aromatic heterocycles. The molecule has 0 amide bonds. The average Bonchev–Trinajstić information content (AvgIpc) is 2.87. The van der Waals surface area contributed by atoms with Gasteiger partial charge in [-0.25, -0.2) is 0 Å². The standard InChI is InChI=1S/C30H35NO5/c1-7-18(3)36-30(33)27-19(4)31-23-14-21(20-12-13-25(34-5)26(16-20)35-6)15-24(32)29(23)28(27)22-11-9-8-10-17(22)2/h8-13,16,18,21,27-28H,7,14-15H2,1-6H3/t18-,21+,27?,28-/m0/s1. The molecule has 4 rings (SSSR count). The number of esters is 1. The van der Waals surface area contributed by atoms with Gasteiger partial charge in [-0.1, -0.05) is 37.3 Å². The molecule has 6 nitrogen and oxygen atoms in total. The van der Waals surface area contributed by atoms with Gasteiger partial charge in [0.15, 0.2) is 17.3 Å². The van der Waals surface area contributed by atoms with E-state index in [-0.39, 0.29) is 23.8 Å². The number of methoxy groups -OCH3 is 2. The molecular formula is C30H35NO5. The molecule has 4 atom stereocenters. The third-order valence-electron chi connectivity index (χ3n) is 7.44. The van der Waals surface area contributed by atoms with Crippen molar-refractivity contribution in [3.63, 3.8) is 0 Å². The summed E-state index contributed by atoms with van der Waals surface area (Å²) in [6, 6.07) is 13.8. The Balaban J connectivity index is 1.78. The van der Waals surface area contributed by atoms with Crippen LogP contribution in [0.15, 0.2) is 58.7 Å². The monoisotopic (exact) mass is 489 g/mol. The fourth-order valence-electron chi connectivity index (χ4n) is 5.33. The van der Waals surface area contributed by atoms with Crippen molar-refractivity contribution in [2.75, 3.05) is 14.2 Å². The summed E-state index contributed by atoms with van der Waals surface area (Å²) in [7, 11) is 3.21. The molecular weight excluding hydrogens is 454 g/mol. The molecule has 0 bridgehead atoms. The number of hydrogen-bond donors (Lipinski definition) is 0. The van der Waals surface area contributed by atoms with Crippen molar-refractivity contribution in [1.29, 1.82) is 0 Å². The highest BCUT2D eigenvalue weighted by atomic mass is 16.5. The minimum atomic E-state index is -0.625. The van der Waals surface area contributed by atoms with Gasteiger partial charge >= 0.3 is 5.97 Å². The SMILES string of the molecule is CC[C@H](C)OC(=O)C1C(C)=NC2=C(C(=O)C[C@H](c3ccc(OC)c(OC)c3)C2)[C@H]1c1ccccc1C. The fourth-order valence-corrected chi connectivity index (χ4v) is 5.33. The molecule has 1 unspecified atom stereocenters. The molecule has 2 aromatic carbocycles. The van der Waals surface area contributed by atoms with Gasteiger partial charge in [-0.05, 0) is 68.4 Å². The topological polar surface area (TPSA) is 74.2 Å². The molecule has 0 saturated carbocycles. The van der Waals surface area contributed by atoms with Crippen molar-refractivity contribution in [3.8, 4) is 11.5 Å². The maximum Gasteiger partial charge on any atom is 0.315 e. The van der Waals surface area contributed by atoms with Crippen LogP contribution in [-0.2, 0) is 14.3 Å². The number of hydrogen-bond acceptors (Lipinski definition) is 6. The molecule has 0 N–H and O–H groups in total. The minimum Gasteiger partial charge on any atom is -0.493 e. The molecule has 0 fully saturated rings. The summed E-state index contributed by atoms with van der Waals surface area (Å²) < 4.78 is 16.6. The molecule has 2 aromatic rings. The first-order chi connectivity index (χ1) is 17.3. The molecule has 2 aliphatic rings. The Labute approximate surface area is 213 Å². The smallest absolute Gasteiger partial charge is 0.315 e. The number of allylic oxidation sites excluding steroid dienone is 2. The lowest BCUT2D eigenvalue weighted by Crippen LogP contribution is -2.39. The summed E-state index contributed by atoms with van der Waals surface area (Å²) >= 11 is 0. The van der Waals surface area contributed by atoms with Gasteiger partial charge < -0.3 is 14.2 Å². The van der Waals surface area contributed by atoms with E-state index in [1.165, 1.54) is 0 Å². The number of Topliss-reactive ketones (excluding diaryl/α,β-unsaturated/α-hetero) is 1. The first-order valence-electron chi connectivity index (χ1n) is 12.6. The number of nitrogens with zero attached hydrogens (tertiary/aromatic N) is 1. The normalized spacial score (nSPS) is 22.4. The second-order valence-electron chi connectivity index (χ2n) is 9.72. The molecule has 36 heavy (non-hydrogen) atoms. The summed E-state index contributed by atoms with van der Waals surface area (Å²) in [5.74, 6) is -0.0707. The Bertz CT molecular complexity index is 1230. The van der Waals surface area contributed by atoms with E-state index in [2.05, 4.69) is 0 Å². The van der Waals surface area contributed by atoms with Gasteiger partial charge in [-0.3, -0.25) is 14.6 Å². The van der Waals surface area contributed by atoms with E-state index in [1.54, 1.807) is 14.2 Å². The lowest BCUT2D eigenvalue weighted by Gasteiger charge is -2.37. The number of carbonyl (C=O) groups excluding carboxylic acids is 2. The first kappa shape index (κ1) is 25.7. The number of aryl methyl sites for hydroxylation is 1. The third kappa shape index (κ3) is 4.81. The van der Waals surface area contributed by atoms with Gasteiger partial charge in [0.25, 0.3) is 0 Å². The quantitative estimate of drug-likeness (QED) is 0.451. The zero-order valence-corrected chi connectivity index (χ0v) is 22.0. The number of carbonyl (C=O) groups is 2. The maximum atomic E-state index is 13.8. The molecule has 190 valence electrons. The van der Waals surface area contributed by atoms with Crippen LogP contribution in [0.5, 0.6) is 11.5 Å². The number of benzene rings is 2. The molecule has 0 spiro atoms. The molecule has 1 heterocycles. The van der Waals surface area contributed by atoms with Crippen molar-refractivity contribution < 1.29 is 23.8 Å². The van der Waals surface area contributed by atoms with Crippen LogP contribution in [0.2, 0.25) is 0 Å². The Morgan fingerprint density at radius 3 is 2.44 bits per heavy atom. The molecule has 1 aliphatic heterocycles. The summed E-state index contributed by atoms with van der Waals surface area (Å²) in [6.07, 6.45) is 1.49. The second kappa shape index (κ2) is 10.7. The lowest BCUT2D eigenvalue weighted by molar-refractivity contribution is -0.151. The van der Waals surface area contributed by atoms with Crippen molar-refractivity contribution in [2.24, 2.45) is 10.9 Å². The largest absolute Gasteiger partial charge is 0.493 e. The van der Waals surface area contributed by atoms with Crippen LogP contribution >= 0.6 is 0 Å². The van der Waals surface area contributed by atoms with Gasteiger partial charge in [0.1, 0.15) is 5.92 Å². The van der Waals surface area contributed by atoms with E-state index < -0.39 is 11.8 Å². The van der Waals surface area contributed by atoms with Crippen LogP contribution in [0.1, 0.15) is 68.6 Å². The van der Waals surface area contributed by atoms with E-state index in [0.29, 0.717) is 35.6 Å².